The minimum atomic E-state index is -0.0563. The van der Waals surface area contributed by atoms with Crippen LogP contribution in [0.3, 0.4) is 0 Å². The van der Waals surface area contributed by atoms with Crippen LogP contribution in [0, 0.1) is 0 Å². The zero-order valence-corrected chi connectivity index (χ0v) is 26.5. The molecule has 0 saturated heterocycles. The summed E-state index contributed by atoms with van der Waals surface area (Å²) in [6.07, 6.45) is 18.2. The molecule has 3 rings (SSSR count). The van der Waals surface area contributed by atoms with Gasteiger partial charge in [0.2, 0.25) is 11.4 Å². The summed E-state index contributed by atoms with van der Waals surface area (Å²) in [5.74, 6) is 0.606. The Kier molecular flexibility index (Phi) is 17.1. The number of aromatic nitrogens is 1. The van der Waals surface area contributed by atoms with E-state index < -0.39 is 0 Å². The molecule has 0 saturated carbocycles. The first-order valence-electron chi connectivity index (χ1n) is 14.4. The average molecular weight is 636 g/mol. The van der Waals surface area contributed by atoms with E-state index in [-0.39, 0.29) is 29.3 Å². The quantitative estimate of drug-likeness (QED) is 0.130. The molecule has 0 bridgehead atoms. The number of anilines is 1. The molecule has 0 aliphatic carbocycles. The predicted molar refractivity (Wildman–Crippen MR) is 160 cm³/mol. The highest BCUT2D eigenvalue weighted by molar-refractivity contribution is 7.07. The number of nitrogens with zero attached hydrogens (tertiary/aromatic N) is 1. The molecular formula is C32H44BrClN2O2S. The van der Waals surface area contributed by atoms with E-state index in [1.165, 1.54) is 76.2 Å². The second kappa shape index (κ2) is 20.1. The Labute approximate surface area is 254 Å². The average Bonchev–Trinajstić information content (AvgIpc) is 3.43. The van der Waals surface area contributed by atoms with Gasteiger partial charge in [-0.2, -0.15) is 4.57 Å². The number of carbonyl (C=O) groups is 1. The van der Waals surface area contributed by atoms with Crippen LogP contribution in [-0.4, -0.2) is 12.5 Å². The molecular weight excluding hydrogens is 592 g/mol. The number of rotatable bonds is 19. The number of carbonyl (C=O) groups excluding carboxylic acids is 1. The van der Waals surface area contributed by atoms with E-state index in [1.807, 2.05) is 42.5 Å². The number of hydrogen-bond donors (Lipinski definition) is 1. The molecule has 0 aliphatic rings. The van der Waals surface area contributed by atoms with Gasteiger partial charge in [0, 0.05) is 11.3 Å². The number of unbranched alkanes of at least 4 members (excludes halogenated alkanes) is 11. The van der Waals surface area contributed by atoms with E-state index in [1.54, 1.807) is 11.3 Å². The fourth-order valence-corrected chi connectivity index (χ4v) is 5.31. The second-order valence-corrected chi connectivity index (χ2v) is 11.3. The third-order valence-electron chi connectivity index (χ3n) is 6.75. The lowest BCUT2D eigenvalue weighted by molar-refractivity contribution is -0.683. The minimum Gasteiger partial charge on any atom is -1.00 e. The molecule has 1 amide bonds. The molecule has 7 heteroatoms. The van der Waals surface area contributed by atoms with Crippen LogP contribution >= 0.6 is 22.9 Å². The standard InChI is InChI=1S/C32H43ClN2O2S.BrH/c1-2-3-4-5-6-7-8-9-10-11-12-13-21-37-31-23-28(16-19-30(31)33)24-32(36)34-29-17-14-27(15-18-29)25-35-20-22-38-26-35;/h14-20,22-23,26H,2-13,21,24-25H2,1H3;1H. The number of ether oxygens (including phenoxy) is 1. The summed E-state index contributed by atoms with van der Waals surface area (Å²) >= 11 is 8.03. The number of benzene rings is 2. The lowest BCUT2D eigenvalue weighted by Gasteiger charge is -2.11. The Morgan fingerprint density at radius 1 is 0.872 bits per heavy atom. The van der Waals surface area contributed by atoms with Crippen LogP contribution in [0.5, 0.6) is 5.75 Å². The Morgan fingerprint density at radius 2 is 1.49 bits per heavy atom. The van der Waals surface area contributed by atoms with E-state index in [0.717, 1.165) is 24.2 Å². The molecule has 0 atom stereocenters. The molecule has 0 aliphatic heterocycles. The van der Waals surface area contributed by atoms with Gasteiger partial charge in [0.25, 0.3) is 0 Å². The third kappa shape index (κ3) is 13.8. The molecule has 39 heavy (non-hydrogen) atoms. The van der Waals surface area contributed by atoms with Gasteiger partial charge in [-0.05, 0) is 36.2 Å². The molecule has 0 fully saturated rings. The van der Waals surface area contributed by atoms with Crippen molar-refractivity contribution in [3.8, 4) is 5.75 Å². The van der Waals surface area contributed by atoms with E-state index in [4.69, 9.17) is 16.3 Å². The Balaban J connectivity index is 0.00000533. The first-order valence-corrected chi connectivity index (χ1v) is 15.7. The Bertz CT molecular complexity index is 1060. The zero-order valence-electron chi connectivity index (χ0n) is 23.3. The van der Waals surface area contributed by atoms with Crippen LogP contribution < -0.4 is 31.6 Å². The van der Waals surface area contributed by atoms with Crippen LogP contribution in [0.15, 0.2) is 59.6 Å². The molecule has 0 unspecified atom stereocenters. The Morgan fingerprint density at radius 3 is 2.10 bits per heavy atom. The van der Waals surface area contributed by atoms with E-state index in [2.05, 4.69) is 33.9 Å². The maximum Gasteiger partial charge on any atom is 0.228 e. The predicted octanol–water partition coefficient (Wildman–Crippen LogP) is 6.00. The van der Waals surface area contributed by atoms with E-state index >= 15 is 0 Å². The summed E-state index contributed by atoms with van der Waals surface area (Å²) in [5, 5.41) is 5.64. The van der Waals surface area contributed by atoms with Crippen molar-refractivity contribution in [1.29, 1.82) is 0 Å². The highest BCUT2D eigenvalue weighted by atomic mass is 79.9. The molecule has 0 radical (unpaired) electrons. The van der Waals surface area contributed by atoms with Gasteiger partial charge >= 0.3 is 0 Å². The van der Waals surface area contributed by atoms with Crippen LogP contribution in [0.4, 0.5) is 5.69 Å². The van der Waals surface area contributed by atoms with Gasteiger partial charge in [-0.15, -0.1) is 0 Å². The lowest BCUT2D eigenvalue weighted by Crippen LogP contribution is -3.00. The normalized spacial score (nSPS) is 10.7. The number of nitrogens with one attached hydrogen (secondary N) is 1. The number of amides is 1. The largest absolute Gasteiger partial charge is 1.00 e. The highest BCUT2D eigenvalue weighted by Gasteiger charge is 2.09. The molecule has 3 aromatic rings. The van der Waals surface area contributed by atoms with Crippen molar-refractivity contribution >= 4 is 34.5 Å². The Hall–Kier alpha value is -1.89. The minimum absolute atomic E-state index is 0. The molecule has 1 heterocycles. The van der Waals surface area contributed by atoms with Crippen molar-refractivity contribution in [2.75, 3.05) is 11.9 Å². The highest BCUT2D eigenvalue weighted by Crippen LogP contribution is 2.26. The molecule has 4 nitrogen and oxygen atoms in total. The SMILES string of the molecule is CCCCCCCCCCCCCCOc1cc(CC(=O)Nc2ccc(C[n+]3ccsc3)cc2)ccc1Cl.[Br-]. The molecule has 2 aromatic carbocycles. The number of hydrogen-bond acceptors (Lipinski definition) is 3. The first-order chi connectivity index (χ1) is 18.6. The van der Waals surface area contributed by atoms with Crippen LogP contribution in [0.2, 0.25) is 5.02 Å². The summed E-state index contributed by atoms with van der Waals surface area (Å²) in [5.41, 5.74) is 4.96. The zero-order chi connectivity index (χ0) is 26.8. The molecule has 1 N–H and O–H groups in total. The smallest absolute Gasteiger partial charge is 0.228 e. The van der Waals surface area contributed by atoms with Crippen LogP contribution in [-0.2, 0) is 17.8 Å². The summed E-state index contributed by atoms with van der Waals surface area (Å²) in [6.45, 7) is 3.75. The fraction of sp³-hybridized carbons (Fsp3) is 0.500. The van der Waals surface area contributed by atoms with Gasteiger partial charge in [0.1, 0.15) is 5.75 Å². The van der Waals surface area contributed by atoms with Crippen molar-refractivity contribution in [2.45, 2.75) is 96.9 Å². The number of halogens is 2. The lowest BCUT2D eigenvalue weighted by atomic mass is 10.1. The third-order valence-corrected chi connectivity index (χ3v) is 7.73. The molecule has 214 valence electrons. The van der Waals surface area contributed by atoms with Gasteiger partial charge in [-0.1, -0.05) is 119 Å². The van der Waals surface area contributed by atoms with Gasteiger partial charge in [-0.25, -0.2) is 0 Å². The van der Waals surface area contributed by atoms with Crippen molar-refractivity contribution < 1.29 is 31.1 Å². The van der Waals surface area contributed by atoms with Crippen LogP contribution in [0.25, 0.3) is 0 Å². The monoisotopic (exact) mass is 634 g/mol. The van der Waals surface area contributed by atoms with E-state index in [0.29, 0.717) is 17.4 Å². The molecule has 1 aromatic heterocycles. The van der Waals surface area contributed by atoms with Crippen molar-refractivity contribution in [1.82, 2.24) is 0 Å². The molecule has 0 spiro atoms. The van der Waals surface area contributed by atoms with Gasteiger partial charge in [0.15, 0.2) is 12.7 Å². The number of thiazole rings is 1. The summed E-state index contributed by atoms with van der Waals surface area (Å²) < 4.78 is 8.10. The van der Waals surface area contributed by atoms with Crippen molar-refractivity contribution in [3.63, 3.8) is 0 Å². The maximum atomic E-state index is 12.6. The van der Waals surface area contributed by atoms with Gasteiger partial charge < -0.3 is 27.0 Å². The topological polar surface area (TPSA) is 42.2 Å². The van der Waals surface area contributed by atoms with Crippen molar-refractivity contribution in [3.05, 3.63) is 75.7 Å². The van der Waals surface area contributed by atoms with Gasteiger partial charge in [0.05, 0.1) is 23.4 Å². The first kappa shape index (κ1) is 33.3. The summed E-state index contributed by atoms with van der Waals surface area (Å²) in [7, 11) is 0. The van der Waals surface area contributed by atoms with Crippen molar-refractivity contribution in [2.24, 2.45) is 0 Å². The summed E-state index contributed by atoms with van der Waals surface area (Å²) in [6, 6.07) is 13.6. The fourth-order valence-electron chi connectivity index (χ4n) is 4.54. The second-order valence-electron chi connectivity index (χ2n) is 10.1. The maximum absolute atomic E-state index is 12.6. The summed E-state index contributed by atoms with van der Waals surface area (Å²) in [4.78, 5) is 12.6. The van der Waals surface area contributed by atoms with Gasteiger partial charge in [-0.3, -0.25) is 4.79 Å². The van der Waals surface area contributed by atoms with E-state index in [9.17, 15) is 4.79 Å². The van der Waals surface area contributed by atoms with Crippen LogP contribution in [0.1, 0.15) is 95.1 Å².